The van der Waals surface area contributed by atoms with E-state index in [1.807, 2.05) is 0 Å². The molecule has 0 aliphatic carbocycles. The topological polar surface area (TPSA) is 17.1 Å². The van der Waals surface area contributed by atoms with E-state index in [1.165, 1.54) is 15.9 Å². The molecule has 1 nitrogen and oxygen atoms in total. The molecule has 0 saturated heterocycles. The Hall–Kier alpha value is 0.0200. The van der Waals surface area contributed by atoms with Crippen LogP contribution >= 0.6 is 27.5 Å². The molecule has 0 N–H and O–H groups in total. The van der Waals surface area contributed by atoms with Crippen molar-refractivity contribution < 1.29 is 31.1 Å². The van der Waals surface area contributed by atoms with Crippen LogP contribution in [-0.2, 0) is 4.79 Å². The molecule has 0 aliphatic heterocycles. The molecule has 13 heavy (non-hydrogen) atoms. The summed E-state index contributed by atoms with van der Waals surface area (Å²) in [7, 11) is 0. The third kappa shape index (κ3) is 2.09. The Morgan fingerprint density at radius 3 is 1.23 bits per heavy atom. The van der Waals surface area contributed by atoms with E-state index < -0.39 is 21.9 Å². The Bertz CT molecular complexity index is 206. The Labute approximate surface area is 81.2 Å². The molecule has 0 bridgehead atoms. The van der Waals surface area contributed by atoms with E-state index in [0.717, 1.165) is 0 Å². The lowest BCUT2D eigenvalue weighted by Crippen LogP contribution is -2.55. The number of hydrogen-bond donors (Lipinski definition) is 0. The number of carbonyl (C=O) groups is 1. The minimum atomic E-state index is -5.83. The summed E-state index contributed by atoms with van der Waals surface area (Å²) in [4.78, 5) is 10.0. The first-order valence-electron chi connectivity index (χ1n) is 2.47. The summed E-state index contributed by atoms with van der Waals surface area (Å²) < 4.78 is 66.0. The third-order valence-electron chi connectivity index (χ3n) is 1.05. The largest absolute Gasteiger partial charge is 0.421 e. The van der Waals surface area contributed by atoms with Crippen LogP contribution in [0.5, 0.6) is 0 Å². The molecule has 0 aromatic rings. The summed E-state index contributed by atoms with van der Waals surface area (Å²) in [5.41, 5.74) is 0. The van der Waals surface area contributed by atoms with Crippen LogP contribution in [0.3, 0.4) is 0 Å². The molecule has 0 saturated carbocycles. The normalized spacial score (nSPS) is 14.5. The monoisotopic (exact) mass is 292 g/mol. The van der Waals surface area contributed by atoms with Crippen molar-refractivity contribution in [3.05, 3.63) is 0 Å². The van der Waals surface area contributed by atoms with E-state index >= 15 is 0 Å². The predicted molar refractivity (Wildman–Crippen MR) is 34.6 cm³/mol. The van der Waals surface area contributed by atoms with Crippen molar-refractivity contribution in [2.45, 2.75) is 16.7 Å². The summed E-state index contributed by atoms with van der Waals surface area (Å²) >= 11 is 5.49. The van der Waals surface area contributed by atoms with Gasteiger partial charge in [0.05, 0.1) is 0 Å². The summed E-state index contributed by atoms with van der Waals surface area (Å²) in [5, 5.41) is -2.58. The van der Waals surface area contributed by atoms with Gasteiger partial charge in [-0.1, -0.05) is 15.9 Å². The standard InChI is InChI=1S/C4BrClF6O/c5-2(1(6)13,3(7,8)9)4(10,11)12. The molecule has 0 fully saturated rings. The molecular weight excluding hydrogens is 293 g/mol. The maximum Gasteiger partial charge on any atom is 0.421 e. The summed E-state index contributed by atoms with van der Waals surface area (Å²) in [6, 6.07) is 0. The van der Waals surface area contributed by atoms with E-state index in [0.29, 0.717) is 0 Å². The minimum absolute atomic E-state index is 1.26. The second-order valence-electron chi connectivity index (χ2n) is 1.93. The fourth-order valence-corrected chi connectivity index (χ4v) is 0.598. The molecule has 0 radical (unpaired) electrons. The molecule has 0 rings (SSSR count). The van der Waals surface area contributed by atoms with Crippen LogP contribution in [-0.4, -0.2) is 21.9 Å². The number of rotatable bonds is 1. The van der Waals surface area contributed by atoms with Crippen molar-refractivity contribution in [3.8, 4) is 0 Å². The van der Waals surface area contributed by atoms with Crippen molar-refractivity contribution in [1.29, 1.82) is 0 Å². The van der Waals surface area contributed by atoms with Gasteiger partial charge < -0.3 is 0 Å². The van der Waals surface area contributed by atoms with Crippen molar-refractivity contribution >= 4 is 32.8 Å². The fourth-order valence-electron chi connectivity index (χ4n) is 0.384. The van der Waals surface area contributed by atoms with E-state index in [4.69, 9.17) is 0 Å². The molecule has 0 heterocycles. The summed E-state index contributed by atoms with van der Waals surface area (Å²) in [6.07, 6.45) is -11.7. The fraction of sp³-hybridized carbons (Fsp3) is 0.750. The van der Waals surface area contributed by atoms with Gasteiger partial charge in [0.25, 0.3) is 9.57 Å². The van der Waals surface area contributed by atoms with Crippen LogP contribution in [0.4, 0.5) is 26.3 Å². The Balaban J connectivity index is 5.35. The van der Waals surface area contributed by atoms with Gasteiger partial charge in [0.15, 0.2) is 0 Å². The lowest BCUT2D eigenvalue weighted by molar-refractivity contribution is -0.251. The van der Waals surface area contributed by atoms with Crippen LogP contribution in [0.1, 0.15) is 0 Å². The van der Waals surface area contributed by atoms with Gasteiger partial charge in [-0.25, -0.2) is 0 Å². The molecular formula is C4BrClF6O. The molecule has 0 atom stereocenters. The smallest absolute Gasteiger partial charge is 0.279 e. The van der Waals surface area contributed by atoms with Gasteiger partial charge in [0, 0.05) is 0 Å². The summed E-state index contributed by atoms with van der Waals surface area (Å²) in [6.45, 7) is 0. The maximum atomic E-state index is 11.8. The Morgan fingerprint density at radius 1 is 1.00 bits per heavy atom. The molecule has 78 valence electrons. The first kappa shape index (κ1) is 13.0. The zero-order chi connectivity index (χ0) is 11.1. The zero-order valence-electron chi connectivity index (χ0n) is 5.43. The van der Waals surface area contributed by atoms with Crippen molar-refractivity contribution in [2.24, 2.45) is 0 Å². The van der Waals surface area contributed by atoms with Gasteiger partial charge in [-0.15, -0.1) is 0 Å². The number of carbonyl (C=O) groups excluding carboxylic acids is 1. The average Bonchev–Trinajstić information content (AvgIpc) is 1.80. The summed E-state index contributed by atoms with van der Waals surface area (Å²) in [5.74, 6) is 0. The lowest BCUT2D eigenvalue weighted by atomic mass is 10.1. The van der Waals surface area contributed by atoms with Crippen LogP contribution in [0, 0.1) is 0 Å². The highest BCUT2D eigenvalue weighted by Crippen LogP contribution is 2.50. The second-order valence-corrected chi connectivity index (χ2v) is 3.46. The third-order valence-corrected chi connectivity index (χ3v) is 2.82. The first-order valence-corrected chi connectivity index (χ1v) is 3.64. The van der Waals surface area contributed by atoms with Gasteiger partial charge in [-0.05, 0) is 11.6 Å². The van der Waals surface area contributed by atoms with Crippen LogP contribution in [0.2, 0.25) is 0 Å². The van der Waals surface area contributed by atoms with Gasteiger partial charge in [-0.2, -0.15) is 26.3 Å². The highest BCUT2D eigenvalue weighted by Gasteiger charge is 2.74. The molecule has 0 amide bonds. The quantitative estimate of drug-likeness (QED) is 0.413. The molecule has 0 aliphatic rings. The number of halogens is 8. The highest BCUT2D eigenvalue weighted by molar-refractivity contribution is 9.10. The molecule has 0 spiro atoms. The van der Waals surface area contributed by atoms with Crippen LogP contribution in [0.15, 0.2) is 0 Å². The van der Waals surface area contributed by atoms with Crippen molar-refractivity contribution in [3.63, 3.8) is 0 Å². The number of hydrogen-bond acceptors (Lipinski definition) is 1. The SMILES string of the molecule is O=C(Cl)C(Br)(C(F)(F)F)C(F)(F)F. The van der Waals surface area contributed by atoms with Gasteiger partial charge >= 0.3 is 12.4 Å². The van der Waals surface area contributed by atoms with Gasteiger partial charge in [0.1, 0.15) is 0 Å². The average molecular weight is 293 g/mol. The van der Waals surface area contributed by atoms with Crippen molar-refractivity contribution in [2.75, 3.05) is 0 Å². The predicted octanol–water partition coefficient (Wildman–Crippen LogP) is 3.01. The maximum absolute atomic E-state index is 11.8. The molecule has 0 aromatic heterocycles. The van der Waals surface area contributed by atoms with Gasteiger partial charge in [-0.3, -0.25) is 4.79 Å². The van der Waals surface area contributed by atoms with Crippen LogP contribution in [0.25, 0.3) is 0 Å². The lowest BCUT2D eigenvalue weighted by Gasteiger charge is -2.27. The molecule has 9 heteroatoms. The van der Waals surface area contributed by atoms with E-state index in [2.05, 4.69) is 11.6 Å². The van der Waals surface area contributed by atoms with Crippen molar-refractivity contribution in [1.82, 2.24) is 0 Å². The zero-order valence-corrected chi connectivity index (χ0v) is 7.77. The van der Waals surface area contributed by atoms with Crippen LogP contribution < -0.4 is 0 Å². The van der Waals surface area contributed by atoms with E-state index in [-0.39, 0.29) is 0 Å². The minimum Gasteiger partial charge on any atom is -0.279 e. The first-order chi connectivity index (χ1) is 5.44. The van der Waals surface area contributed by atoms with E-state index in [1.54, 1.807) is 0 Å². The molecule has 0 unspecified atom stereocenters. The number of alkyl halides is 7. The van der Waals surface area contributed by atoms with E-state index in [9.17, 15) is 31.1 Å². The highest BCUT2D eigenvalue weighted by atomic mass is 79.9. The second kappa shape index (κ2) is 3.30. The van der Waals surface area contributed by atoms with Gasteiger partial charge in [0.2, 0.25) is 0 Å². The Kier molecular flexibility index (Phi) is 3.31. The Morgan fingerprint density at radius 2 is 1.23 bits per heavy atom. The molecule has 0 aromatic carbocycles.